The molecule has 1 aliphatic heterocycles. The molecule has 0 N–H and O–H groups in total. The standard InChI is InChI=1S/C15H10F2O4/c16-10-2-4-13(11(17)6-10)19-7-12(18)9-1-3-14-15(5-9)21-8-20-14/h1-6H,7-8H2. The van der Waals surface area contributed by atoms with Gasteiger partial charge < -0.3 is 14.2 Å². The molecule has 0 atom stereocenters. The number of benzene rings is 2. The molecule has 1 heterocycles. The summed E-state index contributed by atoms with van der Waals surface area (Å²) < 4.78 is 41.5. The highest BCUT2D eigenvalue weighted by atomic mass is 19.1. The minimum absolute atomic E-state index is 0.115. The molecule has 0 aliphatic carbocycles. The van der Waals surface area contributed by atoms with Gasteiger partial charge in [-0.05, 0) is 30.3 Å². The number of fused-ring (bicyclic) bond motifs is 1. The highest BCUT2D eigenvalue weighted by Crippen LogP contribution is 2.32. The van der Waals surface area contributed by atoms with Gasteiger partial charge in [-0.3, -0.25) is 4.79 Å². The Morgan fingerprint density at radius 2 is 1.90 bits per heavy atom. The average Bonchev–Trinajstić information content (AvgIpc) is 2.93. The van der Waals surface area contributed by atoms with Crippen molar-refractivity contribution in [2.75, 3.05) is 13.4 Å². The first kappa shape index (κ1) is 13.4. The molecule has 21 heavy (non-hydrogen) atoms. The number of hydrogen-bond acceptors (Lipinski definition) is 4. The van der Waals surface area contributed by atoms with Crippen molar-refractivity contribution in [2.24, 2.45) is 0 Å². The van der Waals surface area contributed by atoms with E-state index in [9.17, 15) is 13.6 Å². The number of rotatable bonds is 4. The highest BCUT2D eigenvalue weighted by molar-refractivity contribution is 5.97. The lowest BCUT2D eigenvalue weighted by molar-refractivity contribution is 0.0918. The second kappa shape index (κ2) is 5.40. The summed E-state index contributed by atoms with van der Waals surface area (Å²) >= 11 is 0. The molecule has 4 nitrogen and oxygen atoms in total. The molecule has 2 aromatic rings. The van der Waals surface area contributed by atoms with Gasteiger partial charge in [0.05, 0.1) is 0 Å². The van der Waals surface area contributed by atoms with E-state index in [-0.39, 0.29) is 24.9 Å². The van der Waals surface area contributed by atoms with Gasteiger partial charge in [-0.25, -0.2) is 8.78 Å². The van der Waals surface area contributed by atoms with E-state index in [1.807, 2.05) is 0 Å². The smallest absolute Gasteiger partial charge is 0.231 e. The minimum Gasteiger partial charge on any atom is -0.482 e. The summed E-state index contributed by atoms with van der Waals surface area (Å²) in [7, 11) is 0. The zero-order chi connectivity index (χ0) is 14.8. The van der Waals surface area contributed by atoms with Gasteiger partial charge in [0.1, 0.15) is 5.82 Å². The second-order valence-electron chi connectivity index (χ2n) is 4.35. The molecule has 0 radical (unpaired) electrons. The van der Waals surface area contributed by atoms with Crippen LogP contribution in [0.25, 0.3) is 0 Å². The third-order valence-electron chi connectivity index (χ3n) is 2.95. The van der Waals surface area contributed by atoms with Crippen molar-refractivity contribution >= 4 is 5.78 Å². The van der Waals surface area contributed by atoms with Crippen molar-refractivity contribution in [3.63, 3.8) is 0 Å². The van der Waals surface area contributed by atoms with Crippen LogP contribution in [0.1, 0.15) is 10.4 Å². The van der Waals surface area contributed by atoms with Crippen LogP contribution in [0.15, 0.2) is 36.4 Å². The lowest BCUT2D eigenvalue weighted by Gasteiger charge is -2.07. The Bertz CT molecular complexity index is 700. The fraction of sp³-hybridized carbons (Fsp3) is 0.133. The lowest BCUT2D eigenvalue weighted by atomic mass is 10.1. The largest absolute Gasteiger partial charge is 0.482 e. The van der Waals surface area contributed by atoms with Crippen molar-refractivity contribution < 1.29 is 27.8 Å². The molecule has 0 saturated heterocycles. The van der Waals surface area contributed by atoms with E-state index in [0.29, 0.717) is 23.1 Å². The Morgan fingerprint density at radius 1 is 1.10 bits per heavy atom. The van der Waals surface area contributed by atoms with Crippen LogP contribution < -0.4 is 14.2 Å². The molecular weight excluding hydrogens is 282 g/mol. The molecule has 108 valence electrons. The molecule has 1 aliphatic rings. The zero-order valence-electron chi connectivity index (χ0n) is 10.8. The first-order chi connectivity index (χ1) is 10.1. The number of carbonyl (C=O) groups excluding carboxylic acids is 1. The molecule has 0 bridgehead atoms. The molecule has 0 saturated carbocycles. The number of hydrogen-bond donors (Lipinski definition) is 0. The van der Waals surface area contributed by atoms with Crippen LogP contribution in [0.3, 0.4) is 0 Å². The van der Waals surface area contributed by atoms with E-state index in [1.165, 1.54) is 6.07 Å². The maximum atomic E-state index is 13.4. The molecule has 6 heteroatoms. The van der Waals surface area contributed by atoms with Gasteiger partial charge in [0.15, 0.2) is 35.5 Å². The number of ether oxygens (including phenoxy) is 3. The Hall–Kier alpha value is -2.63. The quantitative estimate of drug-likeness (QED) is 0.813. The van der Waals surface area contributed by atoms with Crippen molar-refractivity contribution in [3.8, 4) is 17.2 Å². The predicted octanol–water partition coefficient (Wildman–Crippen LogP) is 2.96. The first-order valence-electron chi connectivity index (χ1n) is 6.14. The van der Waals surface area contributed by atoms with Crippen molar-refractivity contribution in [1.29, 1.82) is 0 Å². The summed E-state index contributed by atoms with van der Waals surface area (Å²) in [5.41, 5.74) is 0.363. The molecular formula is C15H10F2O4. The number of halogens is 2. The highest BCUT2D eigenvalue weighted by Gasteiger charge is 2.17. The SMILES string of the molecule is O=C(COc1ccc(F)cc1F)c1ccc2c(c1)OCO2. The maximum Gasteiger partial charge on any atom is 0.231 e. The Labute approximate surface area is 118 Å². The average molecular weight is 292 g/mol. The summed E-state index contributed by atoms with van der Waals surface area (Å²) in [6.07, 6.45) is 0. The Balaban J connectivity index is 1.69. The molecule has 2 aromatic carbocycles. The molecule has 0 amide bonds. The summed E-state index contributed by atoms with van der Waals surface area (Å²) in [5, 5.41) is 0. The van der Waals surface area contributed by atoms with Gasteiger partial charge >= 0.3 is 0 Å². The van der Waals surface area contributed by atoms with Crippen LogP contribution in [0, 0.1) is 11.6 Å². The fourth-order valence-electron chi connectivity index (χ4n) is 1.89. The van der Waals surface area contributed by atoms with Gasteiger partial charge in [-0.2, -0.15) is 0 Å². The molecule has 0 unspecified atom stereocenters. The van der Waals surface area contributed by atoms with Crippen LogP contribution in [-0.4, -0.2) is 19.2 Å². The Kier molecular flexibility index (Phi) is 3.43. The lowest BCUT2D eigenvalue weighted by Crippen LogP contribution is -2.12. The van der Waals surface area contributed by atoms with Crippen LogP contribution in [0.2, 0.25) is 0 Å². The summed E-state index contributed by atoms with van der Waals surface area (Å²) in [6, 6.07) is 7.62. The van der Waals surface area contributed by atoms with E-state index < -0.39 is 11.6 Å². The second-order valence-corrected chi connectivity index (χ2v) is 4.35. The normalized spacial score (nSPS) is 12.3. The van der Waals surface area contributed by atoms with E-state index in [1.54, 1.807) is 12.1 Å². The van der Waals surface area contributed by atoms with Crippen LogP contribution in [0.5, 0.6) is 17.2 Å². The maximum absolute atomic E-state index is 13.4. The zero-order valence-corrected chi connectivity index (χ0v) is 10.8. The molecule has 0 aromatic heterocycles. The third kappa shape index (κ3) is 2.79. The topological polar surface area (TPSA) is 44.8 Å². The van der Waals surface area contributed by atoms with Crippen molar-refractivity contribution in [1.82, 2.24) is 0 Å². The van der Waals surface area contributed by atoms with Crippen LogP contribution in [0.4, 0.5) is 8.78 Å². The van der Waals surface area contributed by atoms with Crippen LogP contribution in [-0.2, 0) is 0 Å². The van der Waals surface area contributed by atoms with Gasteiger partial charge in [0.25, 0.3) is 0 Å². The van der Waals surface area contributed by atoms with Gasteiger partial charge in [-0.15, -0.1) is 0 Å². The molecule has 0 fully saturated rings. The van der Waals surface area contributed by atoms with Gasteiger partial charge in [0.2, 0.25) is 6.79 Å². The van der Waals surface area contributed by atoms with Crippen molar-refractivity contribution in [3.05, 3.63) is 53.6 Å². The van der Waals surface area contributed by atoms with E-state index in [0.717, 1.165) is 12.1 Å². The number of ketones is 1. The monoisotopic (exact) mass is 292 g/mol. The van der Waals surface area contributed by atoms with E-state index in [2.05, 4.69) is 0 Å². The summed E-state index contributed by atoms with van der Waals surface area (Å²) in [4.78, 5) is 12.0. The number of Topliss-reactive ketones (excluding diaryl/α,β-unsaturated/α-hetero) is 1. The summed E-state index contributed by atoms with van der Waals surface area (Å²) in [5.74, 6) is -1.04. The van der Waals surface area contributed by atoms with Crippen molar-refractivity contribution in [2.45, 2.75) is 0 Å². The predicted molar refractivity (Wildman–Crippen MR) is 68.7 cm³/mol. The summed E-state index contributed by atoms with van der Waals surface area (Å²) in [6.45, 7) is -0.244. The molecule has 3 rings (SSSR count). The Morgan fingerprint density at radius 3 is 2.71 bits per heavy atom. The van der Waals surface area contributed by atoms with Gasteiger partial charge in [0, 0.05) is 11.6 Å². The van der Waals surface area contributed by atoms with E-state index in [4.69, 9.17) is 14.2 Å². The molecule has 0 spiro atoms. The van der Waals surface area contributed by atoms with Gasteiger partial charge in [-0.1, -0.05) is 0 Å². The van der Waals surface area contributed by atoms with E-state index >= 15 is 0 Å². The fourth-order valence-corrected chi connectivity index (χ4v) is 1.89. The minimum atomic E-state index is -0.853. The number of carbonyl (C=O) groups is 1. The van der Waals surface area contributed by atoms with Crippen LogP contribution >= 0.6 is 0 Å². The third-order valence-corrected chi connectivity index (χ3v) is 2.95. The first-order valence-corrected chi connectivity index (χ1v) is 6.14.